The molecule has 0 atom stereocenters. The van der Waals surface area contributed by atoms with Crippen LogP contribution in [0.5, 0.6) is 0 Å². The number of aromatic amines is 1. The molecule has 0 spiro atoms. The van der Waals surface area contributed by atoms with Gasteiger partial charge in [0, 0.05) is 34.1 Å². The standard InChI is InChI=1S/C16H10ClN3O/c17-14-5-4-9-2-1-3-11(16(9)20-14)13-6-10-8-18-15(21)7-12(10)19-13/h1-6,8,19H,7H2. The lowest BCUT2D eigenvalue weighted by Gasteiger charge is -2.04. The number of amides is 1. The Hall–Kier alpha value is -2.46. The number of benzene rings is 1. The molecule has 0 saturated heterocycles. The number of hydrogen-bond acceptors (Lipinski definition) is 2. The third-order valence-corrected chi connectivity index (χ3v) is 3.80. The summed E-state index contributed by atoms with van der Waals surface area (Å²) in [6.45, 7) is 0. The third-order valence-electron chi connectivity index (χ3n) is 3.59. The number of H-pyrrole nitrogens is 1. The fraction of sp³-hybridized carbons (Fsp3) is 0.0625. The fourth-order valence-corrected chi connectivity index (χ4v) is 2.75. The summed E-state index contributed by atoms with van der Waals surface area (Å²) in [5.74, 6) is -0.130. The number of rotatable bonds is 1. The number of nitrogens with one attached hydrogen (secondary N) is 1. The number of pyridine rings is 1. The lowest BCUT2D eigenvalue weighted by Crippen LogP contribution is -2.07. The van der Waals surface area contributed by atoms with E-state index in [1.54, 1.807) is 12.3 Å². The Morgan fingerprint density at radius 3 is 3.00 bits per heavy atom. The second-order valence-corrected chi connectivity index (χ2v) is 5.34. The summed E-state index contributed by atoms with van der Waals surface area (Å²) in [5, 5.41) is 1.48. The first-order valence-electron chi connectivity index (χ1n) is 6.55. The van der Waals surface area contributed by atoms with Gasteiger partial charge in [0.05, 0.1) is 11.9 Å². The molecule has 1 amide bonds. The average molecular weight is 296 g/mol. The van der Waals surface area contributed by atoms with Crippen molar-refractivity contribution in [1.82, 2.24) is 9.97 Å². The smallest absolute Gasteiger partial charge is 0.251 e. The number of carbonyl (C=O) groups is 1. The molecule has 21 heavy (non-hydrogen) atoms. The molecule has 1 aromatic carbocycles. The number of carbonyl (C=O) groups excluding carboxylic acids is 1. The van der Waals surface area contributed by atoms with Crippen LogP contribution in [0.1, 0.15) is 11.3 Å². The molecule has 0 aliphatic carbocycles. The molecule has 3 heterocycles. The molecule has 5 heteroatoms. The molecule has 0 saturated carbocycles. The molecule has 1 aliphatic heterocycles. The van der Waals surface area contributed by atoms with Crippen LogP contribution in [0.25, 0.3) is 22.2 Å². The van der Waals surface area contributed by atoms with Gasteiger partial charge in [0.25, 0.3) is 5.91 Å². The summed E-state index contributed by atoms with van der Waals surface area (Å²) in [6.07, 6.45) is 1.91. The van der Waals surface area contributed by atoms with Gasteiger partial charge in [0.1, 0.15) is 5.15 Å². The van der Waals surface area contributed by atoms with E-state index >= 15 is 0 Å². The van der Waals surface area contributed by atoms with Gasteiger partial charge in [-0.3, -0.25) is 4.79 Å². The topological polar surface area (TPSA) is 58.1 Å². The van der Waals surface area contributed by atoms with Gasteiger partial charge >= 0.3 is 0 Å². The molecular formula is C16H10ClN3O. The monoisotopic (exact) mass is 295 g/mol. The molecule has 0 bridgehead atoms. The van der Waals surface area contributed by atoms with Crippen LogP contribution in [0.15, 0.2) is 41.4 Å². The summed E-state index contributed by atoms with van der Waals surface area (Å²) in [7, 11) is 0. The number of para-hydroxylation sites is 1. The maximum absolute atomic E-state index is 11.4. The van der Waals surface area contributed by atoms with E-state index in [0.29, 0.717) is 11.6 Å². The van der Waals surface area contributed by atoms with Crippen molar-refractivity contribution in [3.05, 3.63) is 52.8 Å². The molecule has 1 aliphatic rings. The molecule has 2 aromatic heterocycles. The van der Waals surface area contributed by atoms with E-state index in [0.717, 1.165) is 33.4 Å². The van der Waals surface area contributed by atoms with Gasteiger partial charge < -0.3 is 4.98 Å². The Kier molecular flexibility index (Phi) is 2.65. The molecule has 3 aromatic rings. The Morgan fingerprint density at radius 2 is 2.10 bits per heavy atom. The van der Waals surface area contributed by atoms with Crippen molar-refractivity contribution < 1.29 is 4.79 Å². The summed E-state index contributed by atoms with van der Waals surface area (Å²) < 4.78 is 0. The minimum Gasteiger partial charge on any atom is -0.357 e. The van der Waals surface area contributed by atoms with Gasteiger partial charge in [-0.1, -0.05) is 29.8 Å². The molecule has 1 N–H and O–H groups in total. The van der Waals surface area contributed by atoms with Crippen LogP contribution in [0, 0.1) is 0 Å². The first kappa shape index (κ1) is 12.3. The van der Waals surface area contributed by atoms with Crippen LogP contribution in [0.2, 0.25) is 5.15 Å². The van der Waals surface area contributed by atoms with Crippen molar-refractivity contribution >= 4 is 34.6 Å². The molecule has 4 nitrogen and oxygen atoms in total. The summed E-state index contributed by atoms with van der Waals surface area (Å²) >= 11 is 6.01. The molecule has 4 rings (SSSR count). The van der Waals surface area contributed by atoms with Gasteiger partial charge in [-0.05, 0) is 18.2 Å². The second-order valence-electron chi connectivity index (χ2n) is 4.96. The predicted octanol–water partition coefficient (Wildman–Crippen LogP) is 3.38. The van der Waals surface area contributed by atoms with Crippen molar-refractivity contribution in [3.8, 4) is 11.3 Å². The molecule has 0 fully saturated rings. The number of halogens is 1. The fourth-order valence-electron chi connectivity index (χ4n) is 2.60. The third kappa shape index (κ3) is 2.04. The molecule has 0 radical (unpaired) electrons. The van der Waals surface area contributed by atoms with E-state index < -0.39 is 0 Å². The number of aliphatic imine (C=N–C) groups is 1. The van der Waals surface area contributed by atoms with E-state index in [1.165, 1.54) is 0 Å². The number of fused-ring (bicyclic) bond motifs is 2. The van der Waals surface area contributed by atoms with Crippen molar-refractivity contribution in [2.24, 2.45) is 4.99 Å². The van der Waals surface area contributed by atoms with Gasteiger partial charge in [-0.25, -0.2) is 9.98 Å². The van der Waals surface area contributed by atoms with Gasteiger partial charge in [0.15, 0.2) is 0 Å². The van der Waals surface area contributed by atoms with Crippen LogP contribution in [-0.4, -0.2) is 22.1 Å². The van der Waals surface area contributed by atoms with E-state index in [1.807, 2.05) is 30.3 Å². The largest absolute Gasteiger partial charge is 0.357 e. The minimum absolute atomic E-state index is 0.130. The Labute approximate surface area is 125 Å². The minimum atomic E-state index is -0.130. The Morgan fingerprint density at radius 1 is 1.19 bits per heavy atom. The first-order chi connectivity index (χ1) is 10.2. The molecular weight excluding hydrogens is 286 g/mol. The lowest BCUT2D eigenvalue weighted by atomic mass is 10.1. The van der Waals surface area contributed by atoms with Crippen LogP contribution in [-0.2, 0) is 11.2 Å². The van der Waals surface area contributed by atoms with E-state index in [-0.39, 0.29) is 5.91 Å². The van der Waals surface area contributed by atoms with Crippen molar-refractivity contribution in [3.63, 3.8) is 0 Å². The normalized spacial score (nSPS) is 13.7. The number of aromatic nitrogens is 2. The first-order valence-corrected chi connectivity index (χ1v) is 6.93. The maximum atomic E-state index is 11.4. The summed E-state index contributed by atoms with van der Waals surface area (Å²) in [4.78, 5) is 22.9. The molecule has 102 valence electrons. The summed E-state index contributed by atoms with van der Waals surface area (Å²) in [5.41, 5.74) is 4.56. The highest BCUT2D eigenvalue weighted by Gasteiger charge is 2.16. The van der Waals surface area contributed by atoms with E-state index in [9.17, 15) is 4.79 Å². The van der Waals surface area contributed by atoms with Crippen LogP contribution < -0.4 is 0 Å². The van der Waals surface area contributed by atoms with Crippen LogP contribution in [0.4, 0.5) is 0 Å². The van der Waals surface area contributed by atoms with Crippen molar-refractivity contribution in [2.75, 3.05) is 0 Å². The SMILES string of the molecule is O=C1Cc2[nH]c(-c3cccc4ccc(Cl)nc34)cc2C=N1. The van der Waals surface area contributed by atoms with E-state index in [2.05, 4.69) is 15.0 Å². The second kappa shape index (κ2) is 4.53. The highest BCUT2D eigenvalue weighted by atomic mass is 35.5. The lowest BCUT2D eigenvalue weighted by molar-refractivity contribution is -0.117. The average Bonchev–Trinajstić information content (AvgIpc) is 2.89. The predicted molar refractivity (Wildman–Crippen MR) is 82.8 cm³/mol. The van der Waals surface area contributed by atoms with Gasteiger partial charge in [0.2, 0.25) is 0 Å². The zero-order valence-corrected chi connectivity index (χ0v) is 11.7. The number of nitrogens with zero attached hydrogens (tertiary/aromatic N) is 2. The van der Waals surface area contributed by atoms with Gasteiger partial charge in [-0.15, -0.1) is 0 Å². The van der Waals surface area contributed by atoms with Crippen LogP contribution in [0.3, 0.4) is 0 Å². The van der Waals surface area contributed by atoms with Gasteiger partial charge in [-0.2, -0.15) is 0 Å². The highest BCUT2D eigenvalue weighted by molar-refractivity contribution is 6.29. The zero-order chi connectivity index (χ0) is 14.4. The molecule has 0 unspecified atom stereocenters. The number of hydrogen-bond donors (Lipinski definition) is 1. The Balaban J connectivity index is 1.93. The van der Waals surface area contributed by atoms with Crippen molar-refractivity contribution in [2.45, 2.75) is 6.42 Å². The maximum Gasteiger partial charge on any atom is 0.251 e. The van der Waals surface area contributed by atoms with E-state index in [4.69, 9.17) is 11.6 Å². The Bertz CT molecular complexity index is 911. The quantitative estimate of drug-likeness (QED) is 0.700. The zero-order valence-electron chi connectivity index (χ0n) is 10.9. The summed E-state index contributed by atoms with van der Waals surface area (Å²) in [6, 6.07) is 11.7. The highest BCUT2D eigenvalue weighted by Crippen LogP contribution is 2.29. The van der Waals surface area contributed by atoms with Crippen molar-refractivity contribution in [1.29, 1.82) is 0 Å². The van der Waals surface area contributed by atoms with Crippen LogP contribution >= 0.6 is 11.6 Å².